The van der Waals surface area contributed by atoms with Crippen molar-refractivity contribution in [3.63, 3.8) is 0 Å². The molecule has 2 nitrogen and oxygen atoms in total. The average molecular weight is 261 g/mol. The van der Waals surface area contributed by atoms with Crippen molar-refractivity contribution in [1.29, 1.82) is 0 Å². The summed E-state index contributed by atoms with van der Waals surface area (Å²) in [4.78, 5) is 2.23. The van der Waals surface area contributed by atoms with E-state index in [0.717, 1.165) is 29.4 Å². The van der Waals surface area contributed by atoms with Crippen molar-refractivity contribution in [2.45, 2.75) is 6.42 Å². The van der Waals surface area contributed by atoms with Crippen LogP contribution in [0.3, 0.4) is 0 Å². The highest BCUT2D eigenvalue weighted by atomic mass is 16.3. The molecule has 0 radical (unpaired) electrons. The van der Waals surface area contributed by atoms with Crippen molar-refractivity contribution < 1.29 is 5.11 Å². The number of benzene rings is 3. The number of anilines is 2. The Hall–Kier alpha value is -2.48. The summed E-state index contributed by atoms with van der Waals surface area (Å²) in [6, 6.07) is 20.4. The van der Waals surface area contributed by atoms with Gasteiger partial charge in [-0.2, -0.15) is 0 Å². The van der Waals surface area contributed by atoms with E-state index in [0.29, 0.717) is 5.75 Å². The van der Waals surface area contributed by atoms with Gasteiger partial charge < -0.3 is 10.0 Å². The maximum atomic E-state index is 10.4. The molecule has 0 spiro atoms. The summed E-state index contributed by atoms with van der Waals surface area (Å²) in [7, 11) is 0. The van der Waals surface area contributed by atoms with Gasteiger partial charge in [0, 0.05) is 17.6 Å². The number of rotatable bonds is 1. The lowest BCUT2D eigenvalue weighted by atomic mass is 10.1. The Kier molecular flexibility index (Phi) is 2.43. The molecular weight excluding hydrogens is 246 g/mol. The highest BCUT2D eigenvalue weighted by Gasteiger charge is 2.23. The van der Waals surface area contributed by atoms with E-state index in [1.165, 1.54) is 11.3 Å². The second kappa shape index (κ2) is 4.27. The minimum atomic E-state index is 0.348. The van der Waals surface area contributed by atoms with E-state index in [1.54, 1.807) is 6.07 Å². The van der Waals surface area contributed by atoms with Gasteiger partial charge in [-0.3, -0.25) is 0 Å². The molecule has 4 rings (SSSR count). The van der Waals surface area contributed by atoms with Crippen LogP contribution in [0, 0.1) is 0 Å². The third-order valence-corrected chi connectivity index (χ3v) is 4.04. The number of aromatic hydroxyl groups is 1. The zero-order chi connectivity index (χ0) is 13.5. The maximum Gasteiger partial charge on any atom is 0.139 e. The first-order valence-corrected chi connectivity index (χ1v) is 6.91. The topological polar surface area (TPSA) is 23.5 Å². The van der Waals surface area contributed by atoms with Crippen molar-refractivity contribution in [3.05, 3.63) is 66.2 Å². The molecule has 1 heterocycles. The molecule has 0 amide bonds. The second-order valence-electron chi connectivity index (χ2n) is 5.18. The van der Waals surface area contributed by atoms with Crippen LogP contribution in [0.15, 0.2) is 60.7 Å². The largest absolute Gasteiger partial charge is 0.506 e. The van der Waals surface area contributed by atoms with Gasteiger partial charge in [-0.05, 0) is 29.5 Å². The Morgan fingerprint density at radius 1 is 0.850 bits per heavy atom. The molecule has 1 N–H and O–H groups in total. The van der Waals surface area contributed by atoms with Crippen LogP contribution in [-0.2, 0) is 6.42 Å². The smallest absolute Gasteiger partial charge is 0.139 e. The lowest BCUT2D eigenvalue weighted by Crippen LogP contribution is -2.13. The number of para-hydroxylation sites is 1. The first kappa shape index (κ1) is 11.4. The van der Waals surface area contributed by atoms with Crippen molar-refractivity contribution in [3.8, 4) is 5.75 Å². The zero-order valence-electron chi connectivity index (χ0n) is 11.1. The lowest BCUT2D eigenvalue weighted by Gasteiger charge is -2.22. The third kappa shape index (κ3) is 1.58. The van der Waals surface area contributed by atoms with Gasteiger partial charge in [0.2, 0.25) is 0 Å². The van der Waals surface area contributed by atoms with Crippen LogP contribution >= 0.6 is 0 Å². The molecule has 1 aliphatic heterocycles. The second-order valence-corrected chi connectivity index (χ2v) is 5.18. The molecule has 3 aromatic rings. The Bertz CT molecular complexity index is 794. The SMILES string of the molecule is Oc1ccc2ccccc2c1N1CCc2ccccc21. The molecule has 0 unspecified atom stereocenters. The van der Waals surface area contributed by atoms with E-state index in [4.69, 9.17) is 0 Å². The van der Waals surface area contributed by atoms with E-state index in [2.05, 4.69) is 41.3 Å². The van der Waals surface area contributed by atoms with Crippen LogP contribution in [-0.4, -0.2) is 11.7 Å². The molecule has 0 saturated carbocycles. The van der Waals surface area contributed by atoms with E-state index in [-0.39, 0.29) is 0 Å². The van der Waals surface area contributed by atoms with E-state index in [1.807, 2.05) is 18.2 Å². The van der Waals surface area contributed by atoms with Gasteiger partial charge in [0.1, 0.15) is 5.75 Å². The quantitative estimate of drug-likeness (QED) is 0.708. The van der Waals surface area contributed by atoms with Crippen LogP contribution < -0.4 is 4.90 Å². The maximum absolute atomic E-state index is 10.4. The predicted molar refractivity (Wildman–Crippen MR) is 82.8 cm³/mol. The Balaban J connectivity index is 1.98. The van der Waals surface area contributed by atoms with Crippen LogP contribution in [0.4, 0.5) is 11.4 Å². The molecule has 1 aliphatic rings. The molecule has 98 valence electrons. The van der Waals surface area contributed by atoms with E-state index < -0.39 is 0 Å². The van der Waals surface area contributed by atoms with Gasteiger partial charge in [-0.25, -0.2) is 0 Å². The lowest BCUT2D eigenvalue weighted by molar-refractivity contribution is 0.476. The standard InChI is InChI=1S/C18H15NO/c20-17-10-9-13-5-1-3-7-15(13)18(17)19-12-11-14-6-2-4-8-16(14)19/h1-10,20H,11-12H2. The highest BCUT2D eigenvalue weighted by molar-refractivity contribution is 5.99. The molecule has 0 aliphatic carbocycles. The summed E-state index contributed by atoms with van der Waals surface area (Å²) in [5.74, 6) is 0.348. The average Bonchev–Trinajstić information content (AvgIpc) is 2.91. The fourth-order valence-electron chi connectivity index (χ4n) is 3.10. The number of hydrogen-bond donors (Lipinski definition) is 1. The summed E-state index contributed by atoms with van der Waals surface area (Å²) in [5, 5.41) is 12.6. The van der Waals surface area contributed by atoms with Crippen molar-refractivity contribution in [2.24, 2.45) is 0 Å². The molecule has 20 heavy (non-hydrogen) atoms. The number of phenolic OH excluding ortho intramolecular Hbond substituents is 1. The molecule has 0 saturated heterocycles. The minimum absolute atomic E-state index is 0.348. The normalized spacial score (nSPS) is 13.7. The molecule has 0 atom stereocenters. The molecule has 0 fully saturated rings. The summed E-state index contributed by atoms with van der Waals surface area (Å²) in [6.07, 6.45) is 1.03. The van der Waals surface area contributed by atoms with Gasteiger partial charge in [0.25, 0.3) is 0 Å². The Morgan fingerprint density at radius 3 is 2.60 bits per heavy atom. The zero-order valence-corrected chi connectivity index (χ0v) is 11.1. The first-order valence-electron chi connectivity index (χ1n) is 6.91. The first-order chi connectivity index (χ1) is 9.84. The molecule has 2 heteroatoms. The number of hydrogen-bond acceptors (Lipinski definition) is 2. The van der Waals surface area contributed by atoms with Crippen LogP contribution in [0.1, 0.15) is 5.56 Å². The third-order valence-electron chi connectivity index (χ3n) is 4.04. The van der Waals surface area contributed by atoms with Crippen LogP contribution in [0.25, 0.3) is 10.8 Å². The summed E-state index contributed by atoms with van der Waals surface area (Å²) in [5.41, 5.74) is 3.48. The Labute approximate surface area is 117 Å². The molecular formula is C18H15NO. The summed E-state index contributed by atoms with van der Waals surface area (Å²) >= 11 is 0. The van der Waals surface area contributed by atoms with Crippen molar-refractivity contribution in [2.75, 3.05) is 11.4 Å². The monoisotopic (exact) mass is 261 g/mol. The Morgan fingerprint density at radius 2 is 1.65 bits per heavy atom. The fourth-order valence-corrected chi connectivity index (χ4v) is 3.10. The number of fused-ring (bicyclic) bond motifs is 2. The van der Waals surface area contributed by atoms with Crippen molar-refractivity contribution in [1.82, 2.24) is 0 Å². The molecule has 0 bridgehead atoms. The minimum Gasteiger partial charge on any atom is -0.506 e. The van der Waals surface area contributed by atoms with Crippen LogP contribution in [0.2, 0.25) is 0 Å². The fraction of sp³-hybridized carbons (Fsp3) is 0.111. The van der Waals surface area contributed by atoms with Crippen LogP contribution in [0.5, 0.6) is 5.75 Å². The van der Waals surface area contributed by atoms with Gasteiger partial charge in [0.15, 0.2) is 0 Å². The van der Waals surface area contributed by atoms with Crippen molar-refractivity contribution >= 4 is 22.1 Å². The summed E-state index contributed by atoms with van der Waals surface area (Å²) < 4.78 is 0. The van der Waals surface area contributed by atoms with Gasteiger partial charge >= 0.3 is 0 Å². The molecule has 3 aromatic carbocycles. The van der Waals surface area contributed by atoms with Gasteiger partial charge in [-0.15, -0.1) is 0 Å². The molecule has 0 aromatic heterocycles. The van der Waals surface area contributed by atoms with Gasteiger partial charge in [0.05, 0.1) is 5.69 Å². The summed E-state index contributed by atoms with van der Waals surface area (Å²) in [6.45, 7) is 0.918. The predicted octanol–water partition coefficient (Wildman–Crippen LogP) is 4.24. The highest BCUT2D eigenvalue weighted by Crippen LogP contribution is 2.42. The van der Waals surface area contributed by atoms with E-state index in [9.17, 15) is 5.11 Å². The van der Waals surface area contributed by atoms with Gasteiger partial charge in [-0.1, -0.05) is 48.5 Å². The number of nitrogens with zero attached hydrogens (tertiary/aromatic N) is 1. The van der Waals surface area contributed by atoms with E-state index >= 15 is 0 Å². The number of phenols is 1.